The summed E-state index contributed by atoms with van der Waals surface area (Å²) in [7, 11) is 0. The molecule has 21 heavy (non-hydrogen) atoms. The molecule has 0 bridgehead atoms. The van der Waals surface area contributed by atoms with Crippen molar-refractivity contribution in [1.29, 1.82) is 0 Å². The monoisotopic (exact) mass is 295 g/mol. The van der Waals surface area contributed by atoms with Crippen LogP contribution in [0.1, 0.15) is 40.0 Å². The third kappa shape index (κ3) is 3.54. The fourth-order valence-corrected chi connectivity index (χ4v) is 2.90. The second-order valence-electron chi connectivity index (χ2n) is 6.87. The summed E-state index contributed by atoms with van der Waals surface area (Å²) in [6, 6.07) is -0.400. The zero-order chi connectivity index (χ0) is 15.6. The maximum Gasteiger partial charge on any atom is 0.245 e. The first-order chi connectivity index (χ1) is 9.80. The molecule has 6 heteroatoms. The highest BCUT2D eigenvalue weighted by Gasteiger charge is 2.40. The smallest absolute Gasteiger partial charge is 0.245 e. The van der Waals surface area contributed by atoms with Crippen LogP contribution in [0, 0.1) is 5.41 Å². The van der Waals surface area contributed by atoms with Gasteiger partial charge < -0.3 is 15.1 Å². The van der Waals surface area contributed by atoms with Crippen LogP contribution in [-0.4, -0.2) is 59.7 Å². The lowest BCUT2D eigenvalue weighted by atomic mass is 9.94. The van der Waals surface area contributed by atoms with Gasteiger partial charge in [-0.2, -0.15) is 0 Å². The maximum absolute atomic E-state index is 12.7. The lowest BCUT2D eigenvalue weighted by Gasteiger charge is -2.32. The molecule has 0 aliphatic carbocycles. The summed E-state index contributed by atoms with van der Waals surface area (Å²) < 4.78 is 0. The highest BCUT2D eigenvalue weighted by Crippen LogP contribution is 2.26. The van der Waals surface area contributed by atoms with Gasteiger partial charge in [0.25, 0.3) is 0 Å². The second-order valence-corrected chi connectivity index (χ2v) is 6.87. The molecule has 0 aromatic rings. The summed E-state index contributed by atoms with van der Waals surface area (Å²) in [6.45, 7) is 7.53. The Hall–Kier alpha value is -1.59. The molecule has 2 aliphatic rings. The van der Waals surface area contributed by atoms with E-state index in [1.165, 1.54) is 0 Å². The van der Waals surface area contributed by atoms with Crippen LogP contribution < -0.4 is 5.32 Å². The van der Waals surface area contributed by atoms with Crippen molar-refractivity contribution in [2.24, 2.45) is 5.41 Å². The molecule has 0 aromatic carbocycles. The summed E-state index contributed by atoms with van der Waals surface area (Å²) in [5, 5.41) is 2.76. The normalized spacial score (nSPS) is 23.8. The molecule has 0 saturated carbocycles. The van der Waals surface area contributed by atoms with Gasteiger partial charge in [0.1, 0.15) is 6.04 Å². The van der Waals surface area contributed by atoms with E-state index < -0.39 is 11.5 Å². The van der Waals surface area contributed by atoms with Crippen LogP contribution in [0.4, 0.5) is 0 Å². The quantitative estimate of drug-likeness (QED) is 0.760. The number of nitrogens with zero attached hydrogens (tertiary/aromatic N) is 2. The molecule has 2 saturated heterocycles. The van der Waals surface area contributed by atoms with E-state index in [0.717, 1.165) is 12.8 Å². The van der Waals surface area contributed by atoms with E-state index in [9.17, 15) is 14.4 Å². The molecular formula is C15H25N3O3. The van der Waals surface area contributed by atoms with Crippen molar-refractivity contribution in [3.63, 3.8) is 0 Å². The van der Waals surface area contributed by atoms with Gasteiger partial charge in [-0.05, 0) is 19.3 Å². The predicted molar refractivity (Wildman–Crippen MR) is 78.4 cm³/mol. The zero-order valence-corrected chi connectivity index (χ0v) is 13.1. The largest absolute Gasteiger partial charge is 0.354 e. The molecule has 0 aromatic heterocycles. The van der Waals surface area contributed by atoms with Gasteiger partial charge in [-0.15, -0.1) is 0 Å². The first-order valence-corrected chi connectivity index (χ1v) is 7.67. The number of carbonyl (C=O) groups is 3. The van der Waals surface area contributed by atoms with Gasteiger partial charge in [0, 0.05) is 25.0 Å². The molecule has 2 aliphatic heterocycles. The van der Waals surface area contributed by atoms with E-state index in [1.807, 2.05) is 20.8 Å². The number of amides is 3. The molecule has 1 N–H and O–H groups in total. The third-order valence-corrected chi connectivity index (χ3v) is 4.01. The lowest BCUT2D eigenvalue weighted by Crippen LogP contribution is -2.51. The van der Waals surface area contributed by atoms with Crippen molar-refractivity contribution in [2.75, 3.05) is 26.2 Å². The maximum atomic E-state index is 12.7. The standard InChI is InChI=1S/C15H25N3O3/c1-15(2,3)14(21)18-9-4-6-11(18)13(20)17-8-5-7-16-12(19)10-17/h11H,4-10H2,1-3H3,(H,16,19). The molecule has 3 amide bonds. The lowest BCUT2D eigenvalue weighted by molar-refractivity contribution is -0.149. The SMILES string of the molecule is CC(C)(C)C(=O)N1CCCC1C(=O)N1CCCNC(=O)C1. The topological polar surface area (TPSA) is 69.7 Å². The Kier molecular flexibility index (Phi) is 4.54. The molecular weight excluding hydrogens is 270 g/mol. The molecule has 1 unspecified atom stereocenters. The number of rotatable bonds is 1. The Morgan fingerprint density at radius 3 is 2.57 bits per heavy atom. The minimum Gasteiger partial charge on any atom is -0.354 e. The van der Waals surface area contributed by atoms with E-state index in [1.54, 1.807) is 9.80 Å². The van der Waals surface area contributed by atoms with Crippen molar-refractivity contribution in [3.8, 4) is 0 Å². The zero-order valence-electron chi connectivity index (χ0n) is 13.1. The minimum atomic E-state index is -0.487. The van der Waals surface area contributed by atoms with Crippen LogP contribution in [-0.2, 0) is 14.4 Å². The summed E-state index contributed by atoms with van der Waals surface area (Å²) >= 11 is 0. The van der Waals surface area contributed by atoms with E-state index in [-0.39, 0.29) is 24.3 Å². The highest BCUT2D eigenvalue weighted by atomic mass is 16.2. The molecule has 2 fully saturated rings. The van der Waals surface area contributed by atoms with Gasteiger partial charge in [-0.3, -0.25) is 14.4 Å². The molecule has 6 nitrogen and oxygen atoms in total. The first kappa shape index (κ1) is 15.8. The van der Waals surface area contributed by atoms with Crippen LogP contribution >= 0.6 is 0 Å². The number of carbonyl (C=O) groups excluding carboxylic acids is 3. The van der Waals surface area contributed by atoms with Crippen molar-refractivity contribution >= 4 is 17.7 Å². The average Bonchev–Trinajstić information content (AvgIpc) is 2.78. The molecule has 0 radical (unpaired) electrons. The molecule has 2 heterocycles. The average molecular weight is 295 g/mol. The molecule has 118 valence electrons. The van der Waals surface area contributed by atoms with Crippen LogP contribution in [0.3, 0.4) is 0 Å². The summed E-state index contributed by atoms with van der Waals surface area (Å²) in [6.07, 6.45) is 2.30. The summed E-state index contributed by atoms with van der Waals surface area (Å²) in [4.78, 5) is 40.1. The highest BCUT2D eigenvalue weighted by molar-refractivity contribution is 5.92. The Balaban J connectivity index is 2.10. The van der Waals surface area contributed by atoms with Gasteiger partial charge in [0.15, 0.2) is 0 Å². The summed E-state index contributed by atoms with van der Waals surface area (Å²) in [5.41, 5.74) is -0.487. The number of hydrogen-bond donors (Lipinski definition) is 1. The van der Waals surface area contributed by atoms with Crippen molar-refractivity contribution in [1.82, 2.24) is 15.1 Å². The third-order valence-electron chi connectivity index (χ3n) is 4.01. The Labute approximate surface area is 125 Å². The minimum absolute atomic E-state index is 0.0117. The number of likely N-dealkylation sites (tertiary alicyclic amines) is 1. The fourth-order valence-electron chi connectivity index (χ4n) is 2.90. The molecule has 1 atom stereocenters. The van der Waals surface area contributed by atoms with Gasteiger partial charge in [0.05, 0.1) is 6.54 Å². The van der Waals surface area contributed by atoms with Crippen molar-refractivity contribution in [2.45, 2.75) is 46.1 Å². The Bertz CT molecular complexity index is 442. The van der Waals surface area contributed by atoms with Crippen LogP contribution in [0.2, 0.25) is 0 Å². The number of hydrogen-bond acceptors (Lipinski definition) is 3. The predicted octanol–water partition coefficient (Wildman–Crippen LogP) is 0.372. The Morgan fingerprint density at radius 1 is 1.19 bits per heavy atom. The second kappa shape index (κ2) is 6.03. The number of nitrogens with one attached hydrogen (secondary N) is 1. The Morgan fingerprint density at radius 2 is 1.90 bits per heavy atom. The molecule has 0 spiro atoms. The van der Waals surface area contributed by atoms with E-state index in [4.69, 9.17) is 0 Å². The van der Waals surface area contributed by atoms with Crippen LogP contribution in [0.25, 0.3) is 0 Å². The van der Waals surface area contributed by atoms with Gasteiger partial charge in [-0.25, -0.2) is 0 Å². The van der Waals surface area contributed by atoms with Crippen molar-refractivity contribution < 1.29 is 14.4 Å². The fraction of sp³-hybridized carbons (Fsp3) is 0.800. The van der Waals surface area contributed by atoms with Gasteiger partial charge in [-0.1, -0.05) is 20.8 Å². The van der Waals surface area contributed by atoms with E-state index >= 15 is 0 Å². The summed E-state index contributed by atoms with van der Waals surface area (Å²) in [5.74, 6) is -0.188. The van der Waals surface area contributed by atoms with Gasteiger partial charge >= 0.3 is 0 Å². The van der Waals surface area contributed by atoms with Crippen LogP contribution in [0.5, 0.6) is 0 Å². The van der Waals surface area contributed by atoms with Gasteiger partial charge in [0.2, 0.25) is 17.7 Å². The van der Waals surface area contributed by atoms with Crippen molar-refractivity contribution in [3.05, 3.63) is 0 Å². The van der Waals surface area contributed by atoms with E-state index in [2.05, 4.69) is 5.32 Å². The first-order valence-electron chi connectivity index (χ1n) is 7.67. The van der Waals surface area contributed by atoms with E-state index in [0.29, 0.717) is 26.1 Å². The molecule has 2 rings (SSSR count). The van der Waals surface area contributed by atoms with Crippen LogP contribution in [0.15, 0.2) is 0 Å².